The van der Waals surface area contributed by atoms with Crippen LogP contribution in [0.1, 0.15) is 11.1 Å². The third-order valence-corrected chi connectivity index (χ3v) is 5.79. The molecule has 0 radical (unpaired) electrons. The lowest BCUT2D eigenvalue weighted by Gasteiger charge is -2.15. The van der Waals surface area contributed by atoms with Crippen LogP contribution in [0.3, 0.4) is 0 Å². The van der Waals surface area contributed by atoms with E-state index in [9.17, 15) is 14.9 Å². The zero-order chi connectivity index (χ0) is 21.6. The van der Waals surface area contributed by atoms with Gasteiger partial charge in [0.15, 0.2) is 5.17 Å². The Morgan fingerprint density at radius 2 is 1.61 bits per heavy atom. The second-order valence-electron chi connectivity index (χ2n) is 6.78. The van der Waals surface area contributed by atoms with Crippen LogP contribution >= 0.6 is 11.8 Å². The van der Waals surface area contributed by atoms with Gasteiger partial charge in [0.25, 0.3) is 5.69 Å². The van der Waals surface area contributed by atoms with Crippen molar-refractivity contribution in [2.75, 3.05) is 4.90 Å². The van der Waals surface area contributed by atoms with Crippen molar-refractivity contribution in [3.8, 4) is 0 Å². The summed E-state index contributed by atoms with van der Waals surface area (Å²) in [4.78, 5) is 25.1. The molecular formula is C23H18N4O3S. The first-order valence-electron chi connectivity index (χ1n) is 9.57. The molecule has 0 aromatic heterocycles. The molecule has 154 valence electrons. The van der Waals surface area contributed by atoms with E-state index in [-0.39, 0.29) is 16.8 Å². The van der Waals surface area contributed by atoms with E-state index in [4.69, 9.17) is 0 Å². The summed E-state index contributed by atoms with van der Waals surface area (Å²) in [5, 5.41) is 19.4. The van der Waals surface area contributed by atoms with Crippen molar-refractivity contribution in [2.45, 2.75) is 11.7 Å². The first-order chi connectivity index (χ1) is 15.1. The SMILES string of the molecule is O=C1C(Cc2ccccc2)S/C(=N/N=C/c2ccc([N+](=O)[O-])cc2)N1c1ccccc1. The normalized spacial score (nSPS) is 17.5. The number of thioether (sulfide) groups is 1. The summed E-state index contributed by atoms with van der Waals surface area (Å²) < 4.78 is 0. The maximum Gasteiger partial charge on any atom is 0.269 e. The van der Waals surface area contributed by atoms with Gasteiger partial charge in [-0.2, -0.15) is 5.10 Å². The van der Waals surface area contributed by atoms with E-state index in [2.05, 4.69) is 10.2 Å². The van der Waals surface area contributed by atoms with E-state index in [1.807, 2.05) is 60.7 Å². The number of nitro groups is 1. The Bertz CT molecular complexity index is 1130. The smallest absolute Gasteiger partial charge is 0.269 e. The van der Waals surface area contributed by atoms with Crippen LogP contribution in [0.4, 0.5) is 11.4 Å². The zero-order valence-corrected chi connectivity index (χ0v) is 17.2. The van der Waals surface area contributed by atoms with Crippen LogP contribution in [0.25, 0.3) is 0 Å². The summed E-state index contributed by atoms with van der Waals surface area (Å²) in [6, 6.07) is 25.2. The fourth-order valence-electron chi connectivity index (χ4n) is 3.14. The van der Waals surface area contributed by atoms with Gasteiger partial charge in [-0.25, -0.2) is 0 Å². The Labute approximate surface area is 183 Å². The minimum Gasteiger partial charge on any atom is -0.273 e. The van der Waals surface area contributed by atoms with E-state index in [1.165, 1.54) is 30.1 Å². The van der Waals surface area contributed by atoms with Crippen LogP contribution in [0.15, 0.2) is 95.1 Å². The number of carbonyl (C=O) groups is 1. The Morgan fingerprint density at radius 1 is 0.968 bits per heavy atom. The van der Waals surface area contributed by atoms with E-state index in [1.54, 1.807) is 17.0 Å². The highest BCUT2D eigenvalue weighted by molar-refractivity contribution is 8.16. The lowest BCUT2D eigenvalue weighted by Crippen LogP contribution is -2.32. The van der Waals surface area contributed by atoms with Gasteiger partial charge >= 0.3 is 0 Å². The van der Waals surface area contributed by atoms with Gasteiger partial charge in [-0.05, 0) is 41.8 Å². The number of non-ortho nitro benzene ring substituents is 1. The summed E-state index contributed by atoms with van der Waals surface area (Å²) in [5.74, 6) is -0.0376. The number of para-hydroxylation sites is 1. The minimum absolute atomic E-state index is 0.0133. The van der Waals surface area contributed by atoms with Crippen molar-refractivity contribution >= 4 is 40.4 Å². The molecule has 0 spiro atoms. The number of amides is 1. The highest BCUT2D eigenvalue weighted by Crippen LogP contribution is 2.33. The minimum atomic E-state index is -0.452. The molecule has 0 saturated carbocycles. The second-order valence-corrected chi connectivity index (χ2v) is 7.95. The van der Waals surface area contributed by atoms with E-state index in [0.717, 1.165) is 11.3 Å². The Hall–Kier alpha value is -3.78. The van der Waals surface area contributed by atoms with Crippen molar-refractivity contribution in [2.24, 2.45) is 10.2 Å². The van der Waals surface area contributed by atoms with Crippen LogP contribution in [0, 0.1) is 10.1 Å². The lowest BCUT2D eigenvalue weighted by atomic mass is 10.1. The molecule has 7 nitrogen and oxygen atoms in total. The average Bonchev–Trinajstić information content (AvgIpc) is 3.10. The number of benzene rings is 3. The molecule has 1 amide bonds. The first-order valence-corrected chi connectivity index (χ1v) is 10.4. The maximum absolute atomic E-state index is 13.2. The summed E-state index contributed by atoms with van der Waals surface area (Å²) in [5.41, 5.74) is 2.51. The number of rotatable bonds is 6. The van der Waals surface area contributed by atoms with E-state index < -0.39 is 4.92 Å². The third kappa shape index (κ3) is 4.87. The molecule has 31 heavy (non-hydrogen) atoms. The second kappa shape index (κ2) is 9.36. The standard InChI is InChI=1S/C23H18N4O3S/c28-22-21(15-17-7-3-1-4-8-17)31-23(26(22)19-9-5-2-6-10-19)25-24-16-18-11-13-20(14-12-18)27(29)30/h1-14,16,21H,15H2/b24-16+,25-23+. The summed E-state index contributed by atoms with van der Waals surface area (Å²) in [7, 11) is 0. The van der Waals surface area contributed by atoms with Crippen LogP contribution < -0.4 is 4.90 Å². The van der Waals surface area contributed by atoms with E-state index in [0.29, 0.717) is 17.2 Å². The molecule has 3 aromatic carbocycles. The van der Waals surface area contributed by atoms with Gasteiger partial charge in [0.2, 0.25) is 5.91 Å². The van der Waals surface area contributed by atoms with E-state index >= 15 is 0 Å². The highest BCUT2D eigenvalue weighted by atomic mass is 32.2. The van der Waals surface area contributed by atoms with Crippen molar-refractivity contribution < 1.29 is 9.72 Å². The fraction of sp³-hybridized carbons (Fsp3) is 0.0870. The molecule has 4 rings (SSSR count). The predicted octanol–water partition coefficient (Wildman–Crippen LogP) is 4.68. The van der Waals surface area contributed by atoms with Crippen LogP contribution in [-0.2, 0) is 11.2 Å². The predicted molar refractivity (Wildman–Crippen MR) is 124 cm³/mol. The number of nitrogens with zero attached hydrogens (tertiary/aromatic N) is 4. The van der Waals surface area contributed by atoms with Gasteiger partial charge in [0.05, 0.1) is 22.1 Å². The Morgan fingerprint density at radius 3 is 2.26 bits per heavy atom. The Balaban J connectivity index is 1.58. The third-order valence-electron chi connectivity index (χ3n) is 4.67. The quantitative estimate of drug-likeness (QED) is 0.323. The van der Waals surface area contributed by atoms with Gasteiger partial charge < -0.3 is 0 Å². The molecule has 0 bridgehead atoms. The van der Waals surface area contributed by atoms with Gasteiger partial charge in [-0.3, -0.25) is 19.8 Å². The molecule has 1 heterocycles. The summed E-state index contributed by atoms with van der Waals surface area (Å²) >= 11 is 1.38. The van der Waals surface area contributed by atoms with Crippen molar-refractivity contribution in [1.29, 1.82) is 0 Å². The molecule has 3 aromatic rings. The van der Waals surface area contributed by atoms with Crippen LogP contribution in [-0.4, -0.2) is 27.5 Å². The molecule has 0 N–H and O–H groups in total. The van der Waals surface area contributed by atoms with Gasteiger partial charge in [-0.15, -0.1) is 5.10 Å². The molecule has 0 aliphatic carbocycles. The molecule has 1 unspecified atom stereocenters. The molecule has 8 heteroatoms. The van der Waals surface area contributed by atoms with Crippen LogP contribution in [0.2, 0.25) is 0 Å². The number of hydrogen-bond acceptors (Lipinski definition) is 6. The average molecular weight is 430 g/mol. The molecule has 1 fully saturated rings. The van der Waals surface area contributed by atoms with Crippen molar-refractivity contribution in [3.63, 3.8) is 0 Å². The highest BCUT2D eigenvalue weighted by Gasteiger charge is 2.39. The lowest BCUT2D eigenvalue weighted by molar-refractivity contribution is -0.384. The number of nitro benzene ring substituents is 1. The van der Waals surface area contributed by atoms with Gasteiger partial charge in [-0.1, -0.05) is 60.3 Å². The Kier molecular flexibility index (Phi) is 6.18. The first kappa shape index (κ1) is 20.5. The molecule has 1 atom stereocenters. The molecular weight excluding hydrogens is 412 g/mol. The topological polar surface area (TPSA) is 88.2 Å². The number of amidine groups is 1. The largest absolute Gasteiger partial charge is 0.273 e. The van der Waals surface area contributed by atoms with Gasteiger partial charge in [0.1, 0.15) is 0 Å². The molecule has 1 aliphatic heterocycles. The number of anilines is 1. The van der Waals surface area contributed by atoms with Gasteiger partial charge in [0, 0.05) is 12.1 Å². The number of carbonyl (C=O) groups excluding carboxylic acids is 1. The number of hydrogen-bond donors (Lipinski definition) is 0. The van der Waals surface area contributed by atoms with Crippen molar-refractivity contribution in [3.05, 3.63) is 106 Å². The van der Waals surface area contributed by atoms with Crippen LogP contribution in [0.5, 0.6) is 0 Å². The molecule has 1 aliphatic rings. The molecule has 1 saturated heterocycles. The summed E-state index contributed by atoms with van der Waals surface area (Å²) in [6.45, 7) is 0. The zero-order valence-electron chi connectivity index (χ0n) is 16.4. The maximum atomic E-state index is 13.2. The monoisotopic (exact) mass is 430 g/mol. The van der Waals surface area contributed by atoms with Crippen molar-refractivity contribution in [1.82, 2.24) is 0 Å². The fourth-order valence-corrected chi connectivity index (χ4v) is 4.27. The summed E-state index contributed by atoms with van der Waals surface area (Å²) in [6.07, 6.45) is 2.11.